The molecule has 1 aliphatic rings. The molecule has 0 spiro atoms. The highest BCUT2D eigenvalue weighted by Gasteiger charge is 2.32. The van der Waals surface area contributed by atoms with E-state index in [0.29, 0.717) is 29.3 Å². The monoisotopic (exact) mass is 373 g/mol. The molecule has 1 aliphatic heterocycles. The maximum absolute atomic E-state index is 12.5. The summed E-state index contributed by atoms with van der Waals surface area (Å²) in [7, 11) is 0. The van der Waals surface area contributed by atoms with Crippen molar-refractivity contribution < 1.29 is 4.79 Å². The standard InChI is InChI=1S/C19H24ClN5O/c1-13(2)12-22-18(26)16-8-5-11-25(16)19-21-10-9-17(24-19)23-15-7-4-3-6-14(15)20/h3-4,6-7,9-10,13,16H,5,8,11-12H2,1-2H3,(H,22,26)(H,21,23,24)/t16-/m0/s1. The van der Waals surface area contributed by atoms with Crippen LogP contribution in [0, 0.1) is 5.92 Å². The molecule has 2 N–H and O–H groups in total. The molecule has 1 aromatic heterocycles. The normalized spacial score (nSPS) is 16.8. The van der Waals surface area contributed by atoms with Crippen LogP contribution < -0.4 is 15.5 Å². The Balaban J connectivity index is 1.74. The topological polar surface area (TPSA) is 70.2 Å². The van der Waals surface area contributed by atoms with Gasteiger partial charge in [-0.15, -0.1) is 0 Å². The van der Waals surface area contributed by atoms with E-state index in [2.05, 4.69) is 34.4 Å². The molecule has 0 bridgehead atoms. The molecule has 1 fully saturated rings. The van der Waals surface area contributed by atoms with Crippen molar-refractivity contribution in [1.82, 2.24) is 15.3 Å². The highest BCUT2D eigenvalue weighted by molar-refractivity contribution is 6.33. The molecule has 6 nitrogen and oxygen atoms in total. The molecule has 0 saturated carbocycles. The molecule has 0 unspecified atom stereocenters. The van der Waals surface area contributed by atoms with Gasteiger partial charge in [-0.3, -0.25) is 4.79 Å². The molecule has 1 amide bonds. The number of hydrogen-bond acceptors (Lipinski definition) is 5. The van der Waals surface area contributed by atoms with Crippen molar-refractivity contribution in [3.05, 3.63) is 41.6 Å². The van der Waals surface area contributed by atoms with Gasteiger partial charge in [-0.2, -0.15) is 4.98 Å². The van der Waals surface area contributed by atoms with Crippen LogP contribution in [0.4, 0.5) is 17.5 Å². The third kappa shape index (κ3) is 4.43. The quantitative estimate of drug-likeness (QED) is 0.809. The first kappa shape index (κ1) is 18.5. The number of nitrogens with one attached hydrogen (secondary N) is 2. The Kier molecular flexibility index (Phi) is 5.93. The summed E-state index contributed by atoms with van der Waals surface area (Å²) in [5.74, 6) is 1.68. The molecular weight excluding hydrogens is 350 g/mol. The lowest BCUT2D eigenvalue weighted by atomic mass is 10.2. The van der Waals surface area contributed by atoms with Crippen molar-refractivity contribution in [2.75, 3.05) is 23.3 Å². The Hall–Kier alpha value is -2.34. The number of carbonyl (C=O) groups excluding carboxylic acids is 1. The van der Waals surface area contributed by atoms with Crippen LogP contribution in [0.15, 0.2) is 36.5 Å². The predicted octanol–water partition coefficient (Wildman–Crippen LogP) is 3.61. The Labute approximate surface area is 159 Å². The van der Waals surface area contributed by atoms with Gasteiger partial charge in [-0.25, -0.2) is 4.98 Å². The van der Waals surface area contributed by atoms with Crippen LogP contribution in [0.5, 0.6) is 0 Å². The molecule has 138 valence electrons. The maximum Gasteiger partial charge on any atom is 0.242 e. The van der Waals surface area contributed by atoms with E-state index < -0.39 is 0 Å². The number of aromatic nitrogens is 2. The molecule has 1 atom stereocenters. The number of benzene rings is 1. The number of para-hydroxylation sites is 1. The number of nitrogens with zero attached hydrogens (tertiary/aromatic N) is 3. The van der Waals surface area contributed by atoms with E-state index in [0.717, 1.165) is 25.1 Å². The average Bonchev–Trinajstić information content (AvgIpc) is 3.12. The first-order valence-corrected chi connectivity index (χ1v) is 9.31. The van der Waals surface area contributed by atoms with Gasteiger partial charge >= 0.3 is 0 Å². The number of rotatable bonds is 6. The van der Waals surface area contributed by atoms with Gasteiger partial charge in [0.25, 0.3) is 0 Å². The third-order valence-electron chi connectivity index (χ3n) is 4.28. The SMILES string of the molecule is CC(C)CNC(=O)[C@@H]1CCCN1c1nccc(Nc2ccccc2Cl)n1. The highest BCUT2D eigenvalue weighted by atomic mass is 35.5. The summed E-state index contributed by atoms with van der Waals surface area (Å²) in [5, 5.41) is 6.85. The summed E-state index contributed by atoms with van der Waals surface area (Å²) in [6.07, 6.45) is 3.46. The number of amides is 1. The van der Waals surface area contributed by atoms with Crippen molar-refractivity contribution in [3.63, 3.8) is 0 Å². The van der Waals surface area contributed by atoms with Crippen molar-refractivity contribution in [2.45, 2.75) is 32.7 Å². The molecule has 1 aromatic carbocycles. The molecule has 0 radical (unpaired) electrons. The van der Waals surface area contributed by atoms with Crippen LogP contribution in [-0.4, -0.2) is 35.0 Å². The lowest BCUT2D eigenvalue weighted by Crippen LogP contribution is -2.45. The fourth-order valence-corrected chi connectivity index (χ4v) is 3.14. The second-order valence-corrected chi connectivity index (χ2v) is 7.24. The lowest BCUT2D eigenvalue weighted by molar-refractivity contribution is -0.122. The predicted molar refractivity (Wildman–Crippen MR) is 105 cm³/mol. The number of hydrogen-bond donors (Lipinski definition) is 2. The maximum atomic E-state index is 12.5. The van der Waals surface area contributed by atoms with Crippen molar-refractivity contribution in [2.24, 2.45) is 5.92 Å². The van der Waals surface area contributed by atoms with Gasteiger partial charge < -0.3 is 15.5 Å². The van der Waals surface area contributed by atoms with E-state index in [1.54, 1.807) is 12.3 Å². The molecule has 7 heteroatoms. The summed E-state index contributed by atoms with van der Waals surface area (Å²) in [4.78, 5) is 23.5. The third-order valence-corrected chi connectivity index (χ3v) is 4.61. The summed E-state index contributed by atoms with van der Waals surface area (Å²) in [5.41, 5.74) is 0.784. The molecule has 3 rings (SSSR count). The first-order valence-electron chi connectivity index (χ1n) is 8.93. The fourth-order valence-electron chi connectivity index (χ4n) is 2.96. The summed E-state index contributed by atoms with van der Waals surface area (Å²) in [6.45, 7) is 5.62. The van der Waals surface area contributed by atoms with E-state index in [1.165, 1.54) is 0 Å². The largest absolute Gasteiger partial charge is 0.354 e. The first-order chi connectivity index (χ1) is 12.5. The van der Waals surface area contributed by atoms with E-state index >= 15 is 0 Å². The molecule has 0 aliphatic carbocycles. The molecule has 2 aromatic rings. The van der Waals surface area contributed by atoms with Gasteiger partial charge in [0.2, 0.25) is 11.9 Å². The van der Waals surface area contributed by atoms with Crippen LogP contribution in [0.1, 0.15) is 26.7 Å². The zero-order valence-electron chi connectivity index (χ0n) is 15.1. The number of anilines is 3. The van der Waals surface area contributed by atoms with Crippen LogP contribution in [0.3, 0.4) is 0 Å². The minimum atomic E-state index is -0.218. The van der Waals surface area contributed by atoms with Gasteiger partial charge in [0.05, 0.1) is 10.7 Å². The van der Waals surface area contributed by atoms with Gasteiger partial charge in [0, 0.05) is 19.3 Å². The zero-order chi connectivity index (χ0) is 18.5. The van der Waals surface area contributed by atoms with Gasteiger partial charge in [0.15, 0.2) is 0 Å². The fraction of sp³-hybridized carbons (Fsp3) is 0.421. The minimum absolute atomic E-state index is 0.0456. The lowest BCUT2D eigenvalue weighted by Gasteiger charge is -2.24. The van der Waals surface area contributed by atoms with Gasteiger partial charge in [0.1, 0.15) is 11.9 Å². The van der Waals surface area contributed by atoms with Crippen LogP contribution in [-0.2, 0) is 4.79 Å². The Morgan fingerprint density at radius 2 is 2.15 bits per heavy atom. The Morgan fingerprint density at radius 3 is 2.92 bits per heavy atom. The number of halogens is 1. The average molecular weight is 374 g/mol. The second kappa shape index (κ2) is 8.36. The van der Waals surface area contributed by atoms with E-state index in [9.17, 15) is 4.79 Å². The van der Waals surface area contributed by atoms with Crippen molar-refractivity contribution in [3.8, 4) is 0 Å². The molecule has 2 heterocycles. The smallest absolute Gasteiger partial charge is 0.242 e. The van der Waals surface area contributed by atoms with E-state index in [1.807, 2.05) is 29.2 Å². The van der Waals surface area contributed by atoms with Gasteiger partial charge in [-0.05, 0) is 37.0 Å². The Morgan fingerprint density at radius 1 is 1.35 bits per heavy atom. The number of carbonyl (C=O) groups is 1. The van der Waals surface area contributed by atoms with Gasteiger partial charge in [-0.1, -0.05) is 37.6 Å². The van der Waals surface area contributed by atoms with Crippen molar-refractivity contribution >= 4 is 35.0 Å². The van der Waals surface area contributed by atoms with E-state index in [4.69, 9.17) is 11.6 Å². The molecular formula is C19H24ClN5O. The summed E-state index contributed by atoms with van der Waals surface area (Å²) < 4.78 is 0. The van der Waals surface area contributed by atoms with Crippen LogP contribution >= 0.6 is 11.6 Å². The van der Waals surface area contributed by atoms with Crippen LogP contribution in [0.2, 0.25) is 5.02 Å². The molecule has 1 saturated heterocycles. The Bertz CT molecular complexity index is 767. The second-order valence-electron chi connectivity index (χ2n) is 6.84. The van der Waals surface area contributed by atoms with Crippen LogP contribution in [0.25, 0.3) is 0 Å². The molecule has 26 heavy (non-hydrogen) atoms. The minimum Gasteiger partial charge on any atom is -0.354 e. The zero-order valence-corrected chi connectivity index (χ0v) is 15.8. The summed E-state index contributed by atoms with van der Waals surface area (Å²) in [6, 6.07) is 9.07. The van der Waals surface area contributed by atoms with E-state index in [-0.39, 0.29) is 11.9 Å². The van der Waals surface area contributed by atoms with Crippen molar-refractivity contribution in [1.29, 1.82) is 0 Å². The summed E-state index contributed by atoms with van der Waals surface area (Å²) >= 11 is 6.20. The highest BCUT2D eigenvalue weighted by Crippen LogP contribution is 2.26.